The van der Waals surface area contributed by atoms with Crippen LogP contribution in [0.2, 0.25) is 0 Å². The number of fused-ring (bicyclic) bond motifs is 4. The highest BCUT2D eigenvalue weighted by atomic mass is 16.5. The second kappa shape index (κ2) is 9.86. The molecule has 2 aliphatic rings. The number of carbonyl (C=O) groups is 2. The number of nitrogens with zero attached hydrogens (tertiary/aromatic N) is 2. The van der Waals surface area contributed by atoms with Crippen LogP contribution in [0.5, 0.6) is 11.5 Å². The highest BCUT2D eigenvalue weighted by Crippen LogP contribution is 2.48. The van der Waals surface area contributed by atoms with Crippen molar-refractivity contribution >= 4 is 11.8 Å². The van der Waals surface area contributed by atoms with Crippen LogP contribution in [0.4, 0.5) is 0 Å². The van der Waals surface area contributed by atoms with E-state index in [0.29, 0.717) is 37.6 Å². The van der Waals surface area contributed by atoms with Gasteiger partial charge in [-0.3, -0.25) is 9.59 Å². The SMILES string of the molecule is CCCCN(C)C(=O)[C@@H]1c2ccccc2C(=O)N2CCc3cc(OCC)c(OCC)cc3[C@@H]12. The third kappa shape index (κ3) is 4.19. The van der Waals surface area contributed by atoms with E-state index in [2.05, 4.69) is 6.92 Å². The highest BCUT2D eigenvalue weighted by molar-refractivity contribution is 6.01. The van der Waals surface area contributed by atoms with Gasteiger partial charge in [-0.2, -0.15) is 0 Å². The fourth-order valence-electron chi connectivity index (χ4n) is 5.08. The number of ether oxygens (including phenoxy) is 2. The predicted molar refractivity (Wildman–Crippen MR) is 128 cm³/mol. The molecule has 0 unspecified atom stereocenters. The van der Waals surface area contributed by atoms with Crippen molar-refractivity contribution in [3.63, 3.8) is 0 Å². The van der Waals surface area contributed by atoms with E-state index in [1.54, 1.807) is 0 Å². The molecule has 6 heteroatoms. The summed E-state index contributed by atoms with van der Waals surface area (Å²) in [5.74, 6) is 0.979. The van der Waals surface area contributed by atoms with E-state index in [1.807, 2.05) is 67.1 Å². The molecular formula is C27H34N2O4. The van der Waals surface area contributed by atoms with Crippen LogP contribution in [0, 0.1) is 0 Å². The normalized spacial score (nSPS) is 18.8. The molecule has 0 N–H and O–H groups in total. The van der Waals surface area contributed by atoms with E-state index in [4.69, 9.17) is 9.47 Å². The lowest BCUT2D eigenvalue weighted by Gasteiger charge is -2.46. The first-order valence-electron chi connectivity index (χ1n) is 12.1. The van der Waals surface area contributed by atoms with Gasteiger partial charge in [-0.15, -0.1) is 0 Å². The van der Waals surface area contributed by atoms with Gasteiger partial charge in [-0.1, -0.05) is 31.5 Å². The minimum absolute atomic E-state index is 0.00615. The standard InChI is InChI=1S/C27H34N2O4/c1-5-8-14-28(4)27(31)24-19-11-9-10-12-20(19)26(30)29-15-13-18-16-22(32-6-2)23(33-7-3)17-21(18)25(24)29/h9-12,16-17,24-25H,5-8,13-15H2,1-4H3/t24-,25+/m1/s1. The third-order valence-electron chi connectivity index (χ3n) is 6.67. The zero-order valence-corrected chi connectivity index (χ0v) is 20.1. The van der Waals surface area contributed by atoms with Crippen molar-refractivity contribution < 1.29 is 19.1 Å². The minimum Gasteiger partial charge on any atom is -0.490 e. The van der Waals surface area contributed by atoms with Crippen molar-refractivity contribution in [3.05, 3.63) is 58.7 Å². The van der Waals surface area contributed by atoms with Crippen molar-refractivity contribution in [3.8, 4) is 11.5 Å². The van der Waals surface area contributed by atoms with Gasteiger partial charge in [0.2, 0.25) is 5.91 Å². The zero-order chi connectivity index (χ0) is 23.5. The molecule has 0 aliphatic carbocycles. The Kier molecular flexibility index (Phi) is 6.91. The molecule has 176 valence electrons. The first kappa shape index (κ1) is 23.1. The molecule has 0 saturated carbocycles. The van der Waals surface area contributed by atoms with E-state index in [9.17, 15) is 9.59 Å². The Morgan fingerprint density at radius 2 is 1.76 bits per heavy atom. The maximum Gasteiger partial charge on any atom is 0.254 e. The van der Waals surface area contributed by atoms with Crippen molar-refractivity contribution in [2.45, 2.75) is 52.0 Å². The fraction of sp³-hybridized carbons (Fsp3) is 0.481. The molecule has 33 heavy (non-hydrogen) atoms. The van der Waals surface area contributed by atoms with Gasteiger partial charge in [0.25, 0.3) is 5.91 Å². The summed E-state index contributed by atoms with van der Waals surface area (Å²) in [6.07, 6.45) is 2.69. The van der Waals surface area contributed by atoms with E-state index < -0.39 is 5.92 Å². The quantitative estimate of drug-likeness (QED) is 0.591. The van der Waals surface area contributed by atoms with Crippen LogP contribution in [-0.2, 0) is 11.2 Å². The van der Waals surface area contributed by atoms with E-state index in [0.717, 1.165) is 41.7 Å². The molecule has 0 radical (unpaired) electrons. The Morgan fingerprint density at radius 1 is 1.06 bits per heavy atom. The number of rotatable bonds is 8. The molecular weight excluding hydrogens is 416 g/mol. The summed E-state index contributed by atoms with van der Waals surface area (Å²) in [6, 6.07) is 11.2. The molecule has 2 atom stereocenters. The number of likely N-dealkylation sites (N-methyl/N-ethyl adjacent to an activating group) is 1. The lowest BCUT2D eigenvalue weighted by atomic mass is 9.75. The van der Waals surface area contributed by atoms with E-state index in [1.165, 1.54) is 0 Å². The molecule has 0 bridgehead atoms. The number of amides is 2. The summed E-state index contributed by atoms with van der Waals surface area (Å²) in [4.78, 5) is 31.1. The molecule has 2 aromatic rings. The Labute approximate surface area is 196 Å². The second-order valence-electron chi connectivity index (χ2n) is 8.74. The Hall–Kier alpha value is -3.02. The van der Waals surface area contributed by atoms with Gasteiger partial charge >= 0.3 is 0 Å². The molecule has 0 saturated heterocycles. The number of unbranched alkanes of at least 4 members (excludes halogenated alkanes) is 1. The molecule has 2 aromatic carbocycles. The largest absolute Gasteiger partial charge is 0.490 e. The van der Waals surface area contributed by atoms with Crippen LogP contribution in [-0.4, -0.2) is 55.0 Å². The first-order valence-corrected chi connectivity index (χ1v) is 12.1. The summed E-state index contributed by atoms with van der Waals surface area (Å²) < 4.78 is 11.7. The van der Waals surface area contributed by atoms with Gasteiger partial charge in [0.1, 0.15) is 0 Å². The average Bonchev–Trinajstić information content (AvgIpc) is 2.83. The number of hydrogen-bond acceptors (Lipinski definition) is 4. The summed E-state index contributed by atoms with van der Waals surface area (Å²) in [5, 5.41) is 0. The smallest absolute Gasteiger partial charge is 0.254 e. The zero-order valence-electron chi connectivity index (χ0n) is 20.1. The maximum atomic E-state index is 13.9. The van der Waals surface area contributed by atoms with Crippen molar-refractivity contribution in [1.29, 1.82) is 0 Å². The Morgan fingerprint density at radius 3 is 2.45 bits per heavy atom. The van der Waals surface area contributed by atoms with Crippen LogP contribution in [0.15, 0.2) is 36.4 Å². The Balaban J connectivity index is 1.86. The molecule has 0 fully saturated rings. The van der Waals surface area contributed by atoms with Crippen molar-refractivity contribution in [1.82, 2.24) is 9.80 Å². The van der Waals surface area contributed by atoms with Crippen LogP contribution in [0.1, 0.15) is 72.6 Å². The highest BCUT2D eigenvalue weighted by Gasteiger charge is 2.47. The van der Waals surface area contributed by atoms with Crippen molar-refractivity contribution in [2.75, 3.05) is 33.4 Å². The third-order valence-corrected chi connectivity index (χ3v) is 6.67. The summed E-state index contributed by atoms with van der Waals surface area (Å²) in [5.41, 5.74) is 3.55. The summed E-state index contributed by atoms with van der Waals surface area (Å²) in [7, 11) is 1.87. The topological polar surface area (TPSA) is 59.1 Å². The predicted octanol–water partition coefficient (Wildman–Crippen LogP) is 4.58. The van der Waals surface area contributed by atoms with Crippen molar-refractivity contribution in [2.24, 2.45) is 0 Å². The molecule has 0 spiro atoms. The molecule has 4 rings (SSSR count). The number of hydrogen-bond donors (Lipinski definition) is 0. The Bertz CT molecular complexity index is 1030. The van der Waals surface area contributed by atoms with Crippen LogP contribution < -0.4 is 9.47 Å². The lowest BCUT2D eigenvalue weighted by molar-refractivity contribution is -0.133. The number of carbonyl (C=O) groups excluding carboxylic acids is 2. The average molecular weight is 451 g/mol. The summed E-state index contributed by atoms with van der Waals surface area (Å²) in [6.45, 7) is 8.35. The van der Waals surface area contributed by atoms with Crippen LogP contribution in [0.3, 0.4) is 0 Å². The second-order valence-corrected chi connectivity index (χ2v) is 8.74. The van der Waals surface area contributed by atoms with Gasteiger partial charge in [-0.25, -0.2) is 0 Å². The monoisotopic (exact) mass is 450 g/mol. The molecule has 2 aliphatic heterocycles. The molecule has 2 heterocycles. The van der Waals surface area contributed by atoms with Crippen LogP contribution >= 0.6 is 0 Å². The van der Waals surface area contributed by atoms with Gasteiger partial charge in [0, 0.05) is 25.7 Å². The number of benzene rings is 2. The van der Waals surface area contributed by atoms with E-state index >= 15 is 0 Å². The minimum atomic E-state index is -0.452. The molecule has 2 amide bonds. The van der Waals surface area contributed by atoms with Gasteiger partial charge < -0.3 is 19.3 Å². The fourth-order valence-corrected chi connectivity index (χ4v) is 5.08. The summed E-state index contributed by atoms with van der Waals surface area (Å²) >= 11 is 0. The van der Waals surface area contributed by atoms with Gasteiger partial charge in [0.05, 0.1) is 25.2 Å². The van der Waals surface area contributed by atoms with Gasteiger partial charge in [0.15, 0.2) is 11.5 Å². The first-order chi connectivity index (χ1) is 16.0. The van der Waals surface area contributed by atoms with E-state index in [-0.39, 0.29) is 17.9 Å². The molecule has 0 aromatic heterocycles. The molecule has 6 nitrogen and oxygen atoms in total. The van der Waals surface area contributed by atoms with Crippen LogP contribution in [0.25, 0.3) is 0 Å². The lowest BCUT2D eigenvalue weighted by Crippen LogP contribution is -2.50. The maximum absolute atomic E-state index is 13.9. The van der Waals surface area contributed by atoms with Gasteiger partial charge in [-0.05, 0) is 61.6 Å².